The predicted molar refractivity (Wildman–Crippen MR) is 99.0 cm³/mol. The van der Waals surface area contributed by atoms with Crippen LogP contribution < -0.4 is 4.74 Å². The van der Waals surface area contributed by atoms with Crippen LogP contribution in [0.2, 0.25) is 0 Å². The first-order valence-electron chi connectivity index (χ1n) is 7.02. The highest BCUT2D eigenvalue weighted by Gasteiger charge is 2.13. The molecule has 0 spiro atoms. The Bertz CT molecular complexity index is 677. The minimum atomic E-state index is -0.154. The number of benzene rings is 2. The van der Waals surface area contributed by atoms with Crippen LogP contribution >= 0.6 is 34.8 Å². The van der Waals surface area contributed by atoms with Gasteiger partial charge in [0, 0.05) is 12.6 Å². The van der Waals surface area contributed by atoms with Crippen LogP contribution in [-0.2, 0) is 0 Å². The van der Waals surface area contributed by atoms with E-state index in [0.717, 1.165) is 16.9 Å². The molecule has 2 aromatic rings. The molecule has 0 fully saturated rings. The molecule has 0 radical (unpaired) electrons. The summed E-state index contributed by atoms with van der Waals surface area (Å²) in [5, 5.41) is 0.397. The van der Waals surface area contributed by atoms with Gasteiger partial charge < -0.3 is 4.74 Å². The van der Waals surface area contributed by atoms with Gasteiger partial charge in [-0.25, -0.2) is 0 Å². The molecule has 0 N–H and O–H groups in total. The Hall–Kier alpha value is -1.48. The first kappa shape index (κ1) is 17.9. The Morgan fingerprint density at radius 2 is 1.70 bits per heavy atom. The summed E-state index contributed by atoms with van der Waals surface area (Å²) >= 11 is 17.6. The first-order valence-corrected chi connectivity index (χ1v) is 8.15. The van der Waals surface area contributed by atoms with E-state index in [0.29, 0.717) is 11.5 Å². The summed E-state index contributed by atoms with van der Waals surface area (Å²) in [5.74, 6) is 0.807. The molecule has 2 rings (SSSR count). The van der Waals surface area contributed by atoms with Crippen molar-refractivity contribution >= 4 is 41.0 Å². The van der Waals surface area contributed by atoms with Crippen LogP contribution in [0.25, 0.3) is 0 Å². The molecule has 23 heavy (non-hydrogen) atoms. The zero-order valence-electron chi connectivity index (χ0n) is 12.5. The Morgan fingerprint density at radius 3 is 2.26 bits per heavy atom. The Kier molecular flexibility index (Phi) is 6.97. The van der Waals surface area contributed by atoms with Gasteiger partial charge in [-0.2, -0.15) is 0 Å². The number of rotatable bonds is 6. The van der Waals surface area contributed by atoms with E-state index >= 15 is 0 Å². The lowest BCUT2D eigenvalue weighted by molar-refractivity contribution is 0.415. The van der Waals surface area contributed by atoms with Gasteiger partial charge in [0.25, 0.3) is 0 Å². The van der Waals surface area contributed by atoms with Crippen LogP contribution in [-0.4, -0.2) is 13.3 Å². The third kappa shape index (κ3) is 5.58. The summed E-state index contributed by atoms with van der Waals surface area (Å²) in [7, 11) is 1.64. The molecule has 0 amide bonds. The van der Waals surface area contributed by atoms with Gasteiger partial charge in [-0.15, -0.1) is 0 Å². The van der Waals surface area contributed by atoms with E-state index in [1.165, 1.54) is 0 Å². The fourth-order valence-electron chi connectivity index (χ4n) is 2.04. The fraction of sp³-hybridized carbons (Fsp3) is 0.167. The maximum absolute atomic E-state index is 6.11. The predicted octanol–water partition coefficient (Wildman–Crippen LogP) is 6.13. The molecule has 5 heteroatoms. The van der Waals surface area contributed by atoms with Gasteiger partial charge >= 0.3 is 0 Å². The largest absolute Gasteiger partial charge is 0.497 e. The van der Waals surface area contributed by atoms with Gasteiger partial charge in [0.05, 0.1) is 18.2 Å². The number of hydrogen-bond acceptors (Lipinski definition) is 2. The number of aliphatic imine (C=N–C) groups is 1. The van der Waals surface area contributed by atoms with E-state index < -0.39 is 0 Å². The summed E-state index contributed by atoms with van der Waals surface area (Å²) < 4.78 is 5.22. The van der Waals surface area contributed by atoms with Gasteiger partial charge in [0.2, 0.25) is 0 Å². The third-order valence-corrected chi connectivity index (χ3v) is 4.27. The molecular formula is C18H16Cl3NO. The minimum absolute atomic E-state index is 0.0762. The molecule has 0 aliphatic heterocycles. The molecule has 0 heterocycles. The van der Waals surface area contributed by atoms with Crippen molar-refractivity contribution in [2.45, 2.75) is 12.5 Å². The standard InChI is InChI=1S/C18H16Cl3NO/c1-23-15-9-7-13(8-10-15)12-22-17(11-16(19)18(20)21)14-5-3-2-4-6-14/h2-10,12,17H,11H2,1H3. The quantitative estimate of drug-likeness (QED) is 0.562. The van der Waals surface area contributed by atoms with E-state index in [2.05, 4.69) is 4.99 Å². The zero-order chi connectivity index (χ0) is 16.7. The second kappa shape index (κ2) is 8.97. The second-order valence-electron chi connectivity index (χ2n) is 4.85. The van der Waals surface area contributed by atoms with Crippen molar-refractivity contribution in [3.8, 4) is 5.75 Å². The van der Waals surface area contributed by atoms with Crippen LogP contribution in [0.1, 0.15) is 23.6 Å². The number of hydrogen-bond donors (Lipinski definition) is 0. The number of halogens is 3. The molecule has 0 saturated carbocycles. The van der Waals surface area contributed by atoms with Crippen molar-refractivity contribution in [2.24, 2.45) is 4.99 Å². The average molecular weight is 369 g/mol. The molecule has 1 unspecified atom stereocenters. The molecule has 0 aromatic heterocycles. The lowest BCUT2D eigenvalue weighted by Gasteiger charge is -2.12. The molecule has 0 aliphatic carbocycles. The van der Waals surface area contributed by atoms with Crippen LogP contribution in [0.15, 0.2) is 69.1 Å². The van der Waals surface area contributed by atoms with Crippen LogP contribution in [0, 0.1) is 0 Å². The molecule has 0 bridgehead atoms. The van der Waals surface area contributed by atoms with E-state index in [1.54, 1.807) is 7.11 Å². The molecule has 1 atom stereocenters. The number of nitrogens with zero attached hydrogens (tertiary/aromatic N) is 1. The third-order valence-electron chi connectivity index (χ3n) is 3.28. The van der Waals surface area contributed by atoms with Gasteiger partial charge in [-0.3, -0.25) is 4.99 Å². The Morgan fingerprint density at radius 1 is 1.04 bits per heavy atom. The number of ether oxygens (including phenoxy) is 1. The zero-order valence-corrected chi connectivity index (χ0v) is 14.8. The topological polar surface area (TPSA) is 21.6 Å². The first-order chi connectivity index (χ1) is 11.1. The molecule has 2 nitrogen and oxygen atoms in total. The maximum atomic E-state index is 6.11. The molecule has 0 aliphatic rings. The summed E-state index contributed by atoms with van der Waals surface area (Å²) in [4.78, 5) is 4.64. The van der Waals surface area contributed by atoms with Crippen molar-refractivity contribution < 1.29 is 4.74 Å². The smallest absolute Gasteiger partial charge is 0.121 e. The van der Waals surface area contributed by atoms with Gasteiger partial charge in [-0.05, 0) is 35.4 Å². The highest BCUT2D eigenvalue weighted by Crippen LogP contribution is 2.31. The van der Waals surface area contributed by atoms with Crippen molar-refractivity contribution in [2.75, 3.05) is 7.11 Å². The fourth-order valence-corrected chi connectivity index (χ4v) is 2.35. The second-order valence-corrected chi connectivity index (χ2v) is 6.25. The summed E-state index contributed by atoms with van der Waals surface area (Å²) in [5.41, 5.74) is 2.02. The molecule has 120 valence electrons. The number of methoxy groups -OCH3 is 1. The summed E-state index contributed by atoms with van der Waals surface area (Å²) in [6, 6.07) is 17.4. The van der Waals surface area contributed by atoms with Crippen molar-refractivity contribution in [1.29, 1.82) is 0 Å². The average Bonchev–Trinajstić information content (AvgIpc) is 2.59. The molecule has 2 aromatic carbocycles. The van der Waals surface area contributed by atoms with Crippen LogP contribution in [0.3, 0.4) is 0 Å². The van der Waals surface area contributed by atoms with Crippen LogP contribution in [0.5, 0.6) is 5.75 Å². The van der Waals surface area contributed by atoms with Crippen molar-refractivity contribution in [3.05, 3.63) is 75.2 Å². The van der Waals surface area contributed by atoms with Crippen molar-refractivity contribution in [3.63, 3.8) is 0 Å². The highest BCUT2D eigenvalue weighted by molar-refractivity contribution is 6.59. The van der Waals surface area contributed by atoms with Crippen LogP contribution in [0.4, 0.5) is 0 Å². The lowest BCUT2D eigenvalue weighted by Crippen LogP contribution is -1.97. The molecular weight excluding hydrogens is 353 g/mol. The van der Waals surface area contributed by atoms with Crippen molar-refractivity contribution in [1.82, 2.24) is 0 Å². The van der Waals surface area contributed by atoms with Gasteiger partial charge in [0.1, 0.15) is 10.2 Å². The summed E-state index contributed by atoms with van der Waals surface area (Å²) in [6.45, 7) is 0. The van der Waals surface area contributed by atoms with Gasteiger partial charge in [-0.1, -0.05) is 65.1 Å². The maximum Gasteiger partial charge on any atom is 0.121 e. The van der Waals surface area contributed by atoms with E-state index in [-0.39, 0.29) is 10.5 Å². The lowest BCUT2D eigenvalue weighted by atomic mass is 10.0. The SMILES string of the molecule is COc1ccc(C=NC(CC(Cl)=C(Cl)Cl)c2ccccc2)cc1. The normalized spacial score (nSPS) is 12.2. The summed E-state index contributed by atoms with van der Waals surface area (Å²) in [6.07, 6.45) is 2.25. The van der Waals surface area contributed by atoms with E-state index in [4.69, 9.17) is 39.5 Å². The molecule has 0 saturated heterocycles. The minimum Gasteiger partial charge on any atom is -0.497 e. The Balaban J connectivity index is 2.22. The monoisotopic (exact) mass is 367 g/mol. The van der Waals surface area contributed by atoms with E-state index in [1.807, 2.05) is 60.8 Å². The van der Waals surface area contributed by atoms with Gasteiger partial charge in [0.15, 0.2) is 0 Å². The highest BCUT2D eigenvalue weighted by atomic mass is 35.5. The Labute approximate surface area is 151 Å². The van der Waals surface area contributed by atoms with E-state index in [9.17, 15) is 0 Å².